The summed E-state index contributed by atoms with van der Waals surface area (Å²) in [7, 11) is 0. The van der Waals surface area contributed by atoms with Gasteiger partial charge in [0, 0.05) is 13.1 Å². The molecule has 0 radical (unpaired) electrons. The SMILES string of the molecule is C=C1CCN(C(=O)[C@@H](N)[C@H](C)CC)C1.O=C(O)C(F)(F)F. The van der Waals surface area contributed by atoms with E-state index in [4.69, 9.17) is 15.6 Å². The third-order valence-corrected chi connectivity index (χ3v) is 3.25. The number of hydrogen-bond acceptors (Lipinski definition) is 3. The summed E-state index contributed by atoms with van der Waals surface area (Å²) >= 11 is 0. The normalized spacial score (nSPS) is 17.8. The number of nitrogens with two attached hydrogens (primary N) is 1. The summed E-state index contributed by atoms with van der Waals surface area (Å²) in [4.78, 5) is 22.6. The third-order valence-electron chi connectivity index (χ3n) is 3.25. The summed E-state index contributed by atoms with van der Waals surface area (Å²) in [6.45, 7) is 9.44. The number of rotatable bonds is 3. The number of halogens is 3. The van der Waals surface area contributed by atoms with Crippen LogP contribution in [-0.2, 0) is 9.59 Å². The zero-order valence-electron chi connectivity index (χ0n) is 12.1. The van der Waals surface area contributed by atoms with Crippen LogP contribution >= 0.6 is 0 Å². The molecule has 1 saturated heterocycles. The van der Waals surface area contributed by atoms with Gasteiger partial charge in [0.2, 0.25) is 5.91 Å². The topological polar surface area (TPSA) is 83.6 Å². The molecule has 1 aliphatic rings. The van der Waals surface area contributed by atoms with Crippen LogP contribution in [0.2, 0.25) is 0 Å². The Morgan fingerprint density at radius 1 is 1.48 bits per heavy atom. The number of carboxylic acid groups (broad SMARTS) is 1. The van der Waals surface area contributed by atoms with Crippen molar-refractivity contribution in [2.45, 2.75) is 38.9 Å². The van der Waals surface area contributed by atoms with Gasteiger partial charge in [0.1, 0.15) is 0 Å². The van der Waals surface area contributed by atoms with E-state index in [1.54, 1.807) is 0 Å². The maximum Gasteiger partial charge on any atom is 0.490 e. The number of likely N-dealkylation sites (tertiary alicyclic amines) is 1. The van der Waals surface area contributed by atoms with Crippen molar-refractivity contribution in [1.29, 1.82) is 0 Å². The number of alkyl halides is 3. The van der Waals surface area contributed by atoms with Crippen molar-refractivity contribution in [1.82, 2.24) is 4.90 Å². The van der Waals surface area contributed by atoms with Crippen LogP contribution in [0.3, 0.4) is 0 Å². The molecule has 5 nitrogen and oxygen atoms in total. The van der Waals surface area contributed by atoms with E-state index in [0.717, 1.165) is 25.0 Å². The molecule has 0 unspecified atom stereocenters. The monoisotopic (exact) mass is 310 g/mol. The molecule has 0 aromatic heterocycles. The Kier molecular flexibility index (Phi) is 7.42. The maximum absolute atomic E-state index is 11.9. The van der Waals surface area contributed by atoms with Crippen molar-refractivity contribution in [2.24, 2.45) is 11.7 Å². The predicted octanol–water partition coefficient (Wildman–Crippen LogP) is 1.78. The van der Waals surface area contributed by atoms with E-state index in [1.165, 1.54) is 0 Å². The predicted molar refractivity (Wildman–Crippen MR) is 71.5 cm³/mol. The van der Waals surface area contributed by atoms with Gasteiger partial charge in [-0.25, -0.2) is 4.79 Å². The van der Waals surface area contributed by atoms with Crippen molar-refractivity contribution in [3.05, 3.63) is 12.2 Å². The average Bonchev–Trinajstić information content (AvgIpc) is 2.82. The smallest absolute Gasteiger partial charge is 0.475 e. The number of hydrogen-bond donors (Lipinski definition) is 2. The number of aliphatic carboxylic acids is 1. The molecule has 0 spiro atoms. The highest BCUT2D eigenvalue weighted by Gasteiger charge is 2.38. The fraction of sp³-hybridized carbons (Fsp3) is 0.692. The third kappa shape index (κ3) is 6.61. The molecule has 21 heavy (non-hydrogen) atoms. The number of amides is 1. The summed E-state index contributed by atoms with van der Waals surface area (Å²) in [5.41, 5.74) is 7.01. The summed E-state index contributed by atoms with van der Waals surface area (Å²) in [5, 5.41) is 7.12. The molecular formula is C13H21F3N2O3. The minimum atomic E-state index is -5.08. The molecule has 8 heteroatoms. The lowest BCUT2D eigenvalue weighted by atomic mass is 9.99. The Morgan fingerprint density at radius 2 is 1.95 bits per heavy atom. The van der Waals surface area contributed by atoms with Crippen LogP contribution in [0.5, 0.6) is 0 Å². The van der Waals surface area contributed by atoms with Gasteiger partial charge in [0.15, 0.2) is 0 Å². The van der Waals surface area contributed by atoms with Crippen molar-refractivity contribution in [2.75, 3.05) is 13.1 Å². The van der Waals surface area contributed by atoms with Crippen LogP contribution in [0.1, 0.15) is 26.7 Å². The minimum absolute atomic E-state index is 0.0815. The first-order valence-corrected chi connectivity index (χ1v) is 6.51. The van der Waals surface area contributed by atoms with Crippen LogP contribution in [0.15, 0.2) is 12.2 Å². The fourth-order valence-electron chi connectivity index (χ4n) is 1.62. The van der Waals surface area contributed by atoms with Gasteiger partial charge < -0.3 is 15.7 Å². The lowest BCUT2D eigenvalue weighted by Gasteiger charge is -2.23. The standard InChI is InChI=1S/C11H20N2O.C2HF3O2/c1-4-9(3)10(12)11(14)13-6-5-8(2)7-13;3-2(4,5)1(6)7/h9-10H,2,4-7,12H2,1,3H3;(H,6,7)/t9-,10+;/m1./s1. The average molecular weight is 310 g/mol. The maximum atomic E-state index is 11.9. The van der Waals surface area contributed by atoms with Gasteiger partial charge in [-0.2, -0.15) is 13.2 Å². The lowest BCUT2D eigenvalue weighted by molar-refractivity contribution is -0.192. The Morgan fingerprint density at radius 3 is 2.24 bits per heavy atom. The van der Waals surface area contributed by atoms with E-state index in [0.29, 0.717) is 6.54 Å². The van der Waals surface area contributed by atoms with E-state index < -0.39 is 12.1 Å². The van der Waals surface area contributed by atoms with E-state index in [1.807, 2.05) is 11.8 Å². The molecule has 0 saturated carbocycles. The largest absolute Gasteiger partial charge is 0.490 e. The molecule has 1 aliphatic heterocycles. The van der Waals surface area contributed by atoms with E-state index in [9.17, 15) is 18.0 Å². The highest BCUT2D eigenvalue weighted by molar-refractivity contribution is 5.82. The van der Waals surface area contributed by atoms with Gasteiger partial charge in [-0.15, -0.1) is 0 Å². The van der Waals surface area contributed by atoms with Gasteiger partial charge in [0.05, 0.1) is 6.04 Å². The Labute approximate surface area is 121 Å². The first kappa shape index (κ1) is 19.4. The molecule has 0 bridgehead atoms. The second-order valence-corrected chi connectivity index (χ2v) is 4.97. The fourth-order valence-corrected chi connectivity index (χ4v) is 1.62. The van der Waals surface area contributed by atoms with Crippen molar-refractivity contribution < 1.29 is 27.9 Å². The lowest BCUT2D eigenvalue weighted by Crippen LogP contribution is -2.45. The summed E-state index contributed by atoms with van der Waals surface area (Å²) in [5.74, 6) is -2.41. The number of nitrogens with zero attached hydrogens (tertiary/aromatic N) is 1. The van der Waals surface area contributed by atoms with Crippen LogP contribution in [0.25, 0.3) is 0 Å². The van der Waals surface area contributed by atoms with Crippen LogP contribution in [-0.4, -0.2) is 47.2 Å². The van der Waals surface area contributed by atoms with Crippen LogP contribution < -0.4 is 5.73 Å². The van der Waals surface area contributed by atoms with Crippen molar-refractivity contribution in [3.8, 4) is 0 Å². The van der Waals surface area contributed by atoms with Gasteiger partial charge in [-0.05, 0) is 12.3 Å². The summed E-state index contributed by atoms with van der Waals surface area (Å²) in [6, 6.07) is -0.342. The summed E-state index contributed by atoms with van der Waals surface area (Å²) < 4.78 is 31.7. The van der Waals surface area contributed by atoms with Crippen LogP contribution in [0.4, 0.5) is 13.2 Å². The zero-order valence-corrected chi connectivity index (χ0v) is 12.1. The van der Waals surface area contributed by atoms with Gasteiger partial charge >= 0.3 is 12.1 Å². The molecule has 2 atom stereocenters. The molecule has 1 rings (SSSR count). The van der Waals surface area contributed by atoms with Gasteiger partial charge in [0.25, 0.3) is 0 Å². The molecule has 0 aliphatic carbocycles. The molecule has 0 aromatic rings. The highest BCUT2D eigenvalue weighted by Crippen LogP contribution is 2.16. The van der Waals surface area contributed by atoms with Crippen LogP contribution in [0, 0.1) is 5.92 Å². The van der Waals surface area contributed by atoms with E-state index in [2.05, 4.69) is 13.5 Å². The van der Waals surface area contributed by atoms with Crippen molar-refractivity contribution >= 4 is 11.9 Å². The first-order chi connectivity index (χ1) is 9.50. The minimum Gasteiger partial charge on any atom is -0.475 e. The van der Waals surface area contributed by atoms with E-state index >= 15 is 0 Å². The first-order valence-electron chi connectivity index (χ1n) is 6.51. The molecule has 1 fully saturated rings. The quantitative estimate of drug-likeness (QED) is 0.778. The second-order valence-electron chi connectivity index (χ2n) is 4.97. The Balaban J connectivity index is 0.000000486. The molecule has 0 aromatic carbocycles. The highest BCUT2D eigenvalue weighted by atomic mass is 19.4. The molecular weight excluding hydrogens is 289 g/mol. The number of carbonyl (C=O) groups excluding carboxylic acids is 1. The Hall–Kier alpha value is -1.57. The van der Waals surface area contributed by atoms with E-state index in [-0.39, 0.29) is 17.9 Å². The second kappa shape index (κ2) is 8.02. The van der Waals surface area contributed by atoms with Gasteiger partial charge in [-0.1, -0.05) is 32.4 Å². The molecule has 122 valence electrons. The number of carbonyl (C=O) groups is 2. The van der Waals surface area contributed by atoms with Gasteiger partial charge in [-0.3, -0.25) is 4.79 Å². The zero-order chi connectivity index (χ0) is 16.8. The summed E-state index contributed by atoms with van der Waals surface area (Å²) in [6.07, 6.45) is -3.21. The number of carboxylic acids is 1. The molecule has 1 amide bonds. The Bertz CT molecular complexity index is 397. The molecule has 1 heterocycles. The van der Waals surface area contributed by atoms with Crippen molar-refractivity contribution in [3.63, 3.8) is 0 Å². The molecule has 3 N–H and O–H groups in total.